The first-order valence-electron chi connectivity index (χ1n) is 9.51. The molecule has 0 aromatic carbocycles. The molecule has 7 heteroatoms. The Hall–Kier alpha value is -1.44. The zero-order chi connectivity index (χ0) is 17.3. The number of nitrogens with zero attached hydrogens (tertiary/aromatic N) is 4. The van der Waals surface area contributed by atoms with E-state index in [0.29, 0.717) is 19.6 Å². The van der Waals surface area contributed by atoms with E-state index in [9.17, 15) is 9.90 Å². The first kappa shape index (κ1) is 17.0. The minimum atomic E-state index is -0.346. The number of amides is 1. The van der Waals surface area contributed by atoms with Gasteiger partial charge in [-0.05, 0) is 12.8 Å². The molecule has 1 aliphatic carbocycles. The van der Waals surface area contributed by atoms with Gasteiger partial charge in [-0.2, -0.15) is 5.10 Å². The van der Waals surface area contributed by atoms with Crippen LogP contribution < -0.4 is 0 Å². The Balaban J connectivity index is 1.55. The third kappa shape index (κ3) is 2.98. The summed E-state index contributed by atoms with van der Waals surface area (Å²) in [5, 5.41) is 13.5. The number of morpholine rings is 1. The van der Waals surface area contributed by atoms with Crippen LogP contribution in [0, 0.1) is 0 Å². The van der Waals surface area contributed by atoms with Gasteiger partial charge in [-0.1, -0.05) is 19.3 Å². The average Bonchev–Trinajstić information content (AvgIpc) is 3.25. The van der Waals surface area contributed by atoms with Crippen LogP contribution in [0.1, 0.15) is 43.4 Å². The molecule has 3 heterocycles. The van der Waals surface area contributed by atoms with E-state index in [4.69, 9.17) is 4.74 Å². The molecule has 1 saturated heterocycles. The molecule has 0 unspecified atom stereocenters. The maximum absolute atomic E-state index is 13.6. The second kappa shape index (κ2) is 7.05. The number of aliphatic hydroxyl groups excluding tert-OH is 1. The summed E-state index contributed by atoms with van der Waals surface area (Å²) in [5.41, 5.74) is 1.85. The molecule has 0 spiro atoms. The Bertz CT molecular complexity index is 618. The van der Waals surface area contributed by atoms with Gasteiger partial charge in [0.1, 0.15) is 5.54 Å². The molecule has 3 aliphatic rings. The van der Waals surface area contributed by atoms with E-state index in [1.54, 1.807) is 0 Å². The Labute approximate surface area is 148 Å². The van der Waals surface area contributed by atoms with Crippen molar-refractivity contribution in [1.29, 1.82) is 0 Å². The normalized spacial score (nSPS) is 23.6. The topological polar surface area (TPSA) is 70.8 Å². The van der Waals surface area contributed by atoms with Crippen molar-refractivity contribution in [1.82, 2.24) is 19.6 Å². The Morgan fingerprint density at radius 1 is 1.20 bits per heavy atom. The van der Waals surface area contributed by atoms with Crippen molar-refractivity contribution in [2.45, 2.75) is 57.3 Å². The fourth-order valence-electron chi connectivity index (χ4n) is 4.73. The molecule has 1 aromatic heterocycles. The van der Waals surface area contributed by atoms with Gasteiger partial charge in [0.2, 0.25) is 5.91 Å². The zero-order valence-corrected chi connectivity index (χ0v) is 14.8. The molecule has 25 heavy (non-hydrogen) atoms. The minimum Gasteiger partial charge on any atom is -0.394 e. The van der Waals surface area contributed by atoms with Crippen LogP contribution in [-0.4, -0.2) is 69.0 Å². The van der Waals surface area contributed by atoms with Gasteiger partial charge < -0.3 is 14.7 Å². The number of hydrogen-bond donors (Lipinski definition) is 1. The van der Waals surface area contributed by atoms with E-state index >= 15 is 0 Å². The van der Waals surface area contributed by atoms with Crippen LogP contribution in [0.5, 0.6) is 0 Å². The van der Waals surface area contributed by atoms with Crippen molar-refractivity contribution in [2.24, 2.45) is 0 Å². The van der Waals surface area contributed by atoms with Gasteiger partial charge in [0.05, 0.1) is 44.8 Å². The summed E-state index contributed by atoms with van der Waals surface area (Å²) >= 11 is 0. The molecule has 0 atom stereocenters. The smallest absolute Gasteiger partial charge is 0.243 e. The van der Waals surface area contributed by atoms with Crippen molar-refractivity contribution in [3.63, 3.8) is 0 Å². The molecule has 1 aromatic rings. The van der Waals surface area contributed by atoms with Crippen molar-refractivity contribution in [2.75, 3.05) is 32.9 Å². The maximum atomic E-state index is 13.6. The van der Waals surface area contributed by atoms with E-state index in [-0.39, 0.29) is 18.1 Å². The second-order valence-electron chi connectivity index (χ2n) is 7.42. The summed E-state index contributed by atoms with van der Waals surface area (Å²) < 4.78 is 7.36. The number of aliphatic hydroxyl groups is 1. The van der Waals surface area contributed by atoms with Crippen molar-refractivity contribution >= 4 is 5.91 Å². The summed E-state index contributed by atoms with van der Waals surface area (Å²) in [6.45, 7) is 4.97. The molecular formula is C18H28N4O3. The summed E-state index contributed by atoms with van der Waals surface area (Å²) in [6.07, 6.45) is 7.25. The van der Waals surface area contributed by atoms with E-state index in [2.05, 4.69) is 10.00 Å². The van der Waals surface area contributed by atoms with E-state index in [1.165, 1.54) is 6.42 Å². The van der Waals surface area contributed by atoms with Crippen LogP contribution in [0.2, 0.25) is 0 Å². The Morgan fingerprint density at radius 3 is 2.68 bits per heavy atom. The van der Waals surface area contributed by atoms with Crippen molar-refractivity contribution in [3.05, 3.63) is 17.5 Å². The summed E-state index contributed by atoms with van der Waals surface area (Å²) in [5.74, 6) is 0.279. The predicted octanol–water partition coefficient (Wildman–Crippen LogP) is 0.753. The van der Waals surface area contributed by atoms with Crippen LogP contribution in [0.15, 0.2) is 6.20 Å². The summed E-state index contributed by atoms with van der Waals surface area (Å²) in [7, 11) is 0. The van der Waals surface area contributed by atoms with Gasteiger partial charge in [0.25, 0.3) is 0 Å². The van der Waals surface area contributed by atoms with Gasteiger partial charge in [0, 0.05) is 25.2 Å². The van der Waals surface area contributed by atoms with E-state index < -0.39 is 0 Å². The van der Waals surface area contributed by atoms with Crippen molar-refractivity contribution in [3.8, 4) is 0 Å². The quantitative estimate of drug-likeness (QED) is 0.870. The number of carbonyl (C=O) groups is 1. The SMILES string of the molecule is O=C(N1Cc2cnn(CCO)c2C1)C1(N2CCOCC2)CCCCC1. The number of fused-ring (bicyclic) bond motifs is 1. The zero-order valence-electron chi connectivity index (χ0n) is 14.8. The molecule has 0 radical (unpaired) electrons. The average molecular weight is 348 g/mol. The number of carbonyl (C=O) groups excluding carboxylic acids is 1. The summed E-state index contributed by atoms with van der Waals surface area (Å²) in [4.78, 5) is 18.0. The summed E-state index contributed by atoms with van der Waals surface area (Å²) in [6, 6.07) is 0. The fourth-order valence-corrected chi connectivity index (χ4v) is 4.73. The molecule has 1 amide bonds. The predicted molar refractivity (Wildman–Crippen MR) is 91.8 cm³/mol. The highest BCUT2D eigenvalue weighted by atomic mass is 16.5. The third-order valence-electron chi connectivity index (χ3n) is 6.03. The first-order chi connectivity index (χ1) is 12.2. The lowest BCUT2D eigenvalue weighted by atomic mass is 9.78. The lowest BCUT2D eigenvalue weighted by Gasteiger charge is -2.48. The van der Waals surface area contributed by atoms with Gasteiger partial charge in [0.15, 0.2) is 0 Å². The molecule has 1 saturated carbocycles. The van der Waals surface area contributed by atoms with Gasteiger partial charge in [-0.25, -0.2) is 0 Å². The van der Waals surface area contributed by atoms with Crippen LogP contribution in [0.25, 0.3) is 0 Å². The van der Waals surface area contributed by atoms with Gasteiger partial charge >= 0.3 is 0 Å². The van der Waals surface area contributed by atoms with Crippen LogP contribution in [0.4, 0.5) is 0 Å². The largest absolute Gasteiger partial charge is 0.394 e. The standard InChI is InChI=1S/C18H28N4O3/c23-9-6-22-16-14-20(13-15(16)12-19-22)17(24)18(4-2-1-3-5-18)21-7-10-25-11-8-21/h12,23H,1-11,13-14H2. The highest BCUT2D eigenvalue weighted by Gasteiger charge is 2.48. The molecular weight excluding hydrogens is 320 g/mol. The molecule has 1 N–H and O–H groups in total. The van der Waals surface area contributed by atoms with E-state index in [1.807, 2.05) is 15.8 Å². The molecule has 4 rings (SSSR count). The highest BCUT2D eigenvalue weighted by molar-refractivity contribution is 5.87. The number of hydrogen-bond acceptors (Lipinski definition) is 5. The maximum Gasteiger partial charge on any atom is 0.243 e. The number of ether oxygens (including phenoxy) is 1. The Kier molecular flexibility index (Phi) is 4.80. The first-order valence-corrected chi connectivity index (χ1v) is 9.51. The molecule has 2 fully saturated rings. The van der Waals surface area contributed by atoms with Crippen LogP contribution in [-0.2, 0) is 29.2 Å². The molecule has 2 aliphatic heterocycles. The van der Waals surface area contributed by atoms with Gasteiger partial charge in [-0.15, -0.1) is 0 Å². The van der Waals surface area contributed by atoms with E-state index in [0.717, 1.165) is 63.2 Å². The third-order valence-corrected chi connectivity index (χ3v) is 6.03. The van der Waals surface area contributed by atoms with Crippen LogP contribution >= 0.6 is 0 Å². The lowest BCUT2D eigenvalue weighted by Crippen LogP contribution is -2.62. The van der Waals surface area contributed by atoms with Crippen molar-refractivity contribution < 1.29 is 14.6 Å². The highest BCUT2D eigenvalue weighted by Crippen LogP contribution is 2.38. The lowest BCUT2D eigenvalue weighted by molar-refractivity contribution is -0.152. The Morgan fingerprint density at radius 2 is 1.96 bits per heavy atom. The van der Waals surface area contributed by atoms with Crippen LogP contribution in [0.3, 0.4) is 0 Å². The molecule has 7 nitrogen and oxygen atoms in total. The van der Waals surface area contributed by atoms with Gasteiger partial charge in [-0.3, -0.25) is 14.4 Å². The molecule has 0 bridgehead atoms. The minimum absolute atomic E-state index is 0.0692. The molecule has 138 valence electrons. The monoisotopic (exact) mass is 348 g/mol. The number of rotatable bonds is 4. The number of aromatic nitrogens is 2. The fraction of sp³-hybridized carbons (Fsp3) is 0.778. The second-order valence-corrected chi connectivity index (χ2v) is 7.42.